The summed E-state index contributed by atoms with van der Waals surface area (Å²) in [7, 11) is -2.15. The van der Waals surface area contributed by atoms with Gasteiger partial charge in [-0.1, -0.05) is 69.6 Å². The lowest BCUT2D eigenvalue weighted by Gasteiger charge is -2.44. The maximum Gasteiger partial charge on any atom is 0.318 e. The van der Waals surface area contributed by atoms with Gasteiger partial charge in [-0.05, 0) is 40.4 Å². The van der Waals surface area contributed by atoms with Gasteiger partial charge >= 0.3 is 11.9 Å². The van der Waals surface area contributed by atoms with Crippen molar-refractivity contribution >= 4 is 36.2 Å². The lowest BCUT2D eigenvalue weighted by atomic mass is 9.73. The molecule has 1 aromatic rings. The second-order valence-corrected chi connectivity index (χ2v) is 15.5. The van der Waals surface area contributed by atoms with Crippen LogP contribution in [0, 0.1) is 11.8 Å². The number of benzene rings is 1. The summed E-state index contributed by atoms with van der Waals surface area (Å²) in [5.41, 5.74) is 2.31. The van der Waals surface area contributed by atoms with E-state index in [4.69, 9.17) is 9.16 Å². The topological polar surface area (TPSA) is 52.6 Å². The van der Waals surface area contributed by atoms with Gasteiger partial charge < -0.3 is 9.16 Å². The number of carbonyl (C=O) groups excluding carboxylic acids is 2. The van der Waals surface area contributed by atoms with Crippen molar-refractivity contribution < 1.29 is 18.8 Å². The van der Waals surface area contributed by atoms with Gasteiger partial charge in [0.15, 0.2) is 0 Å². The second-order valence-electron chi connectivity index (χ2n) is 9.21. The fourth-order valence-corrected chi connectivity index (χ4v) is 11.0. The van der Waals surface area contributed by atoms with Gasteiger partial charge in [-0.15, -0.1) is 0 Å². The maximum absolute atomic E-state index is 12.5. The number of rotatable bonds is 6. The zero-order valence-electron chi connectivity index (χ0n) is 18.1. The standard InChI is InChI=1S/C23H31BrO4Si/c1-13(2)29(14(3)4,15(5)6)28-18-11-19(16-7-9-17(24)10-8-16)21-20(12-18)22(25)27-23(21)26/h7-11,13-15,19-21H,12H2,1-6H3. The predicted molar refractivity (Wildman–Crippen MR) is 120 cm³/mol. The third-order valence-electron chi connectivity index (χ3n) is 6.65. The van der Waals surface area contributed by atoms with Gasteiger partial charge in [-0.2, -0.15) is 0 Å². The van der Waals surface area contributed by atoms with Gasteiger partial charge in [-0.3, -0.25) is 9.59 Å². The molecule has 3 rings (SSSR count). The molecule has 0 radical (unpaired) electrons. The van der Waals surface area contributed by atoms with E-state index in [0.29, 0.717) is 23.0 Å². The van der Waals surface area contributed by atoms with Gasteiger partial charge in [0.05, 0.1) is 17.6 Å². The van der Waals surface area contributed by atoms with Crippen molar-refractivity contribution in [1.29, 1.82) is 0 Å². The summed E-state index contributed by atoms with van der Waals surface area (Å²) in [5, 5.41) is 0. The molecule has 1 heterocycles. The number of allylic oxidation sites excluding steroid dienone is 2. The minimum Gasteiger partial charge on any atom is -0.546 e. The van der Waals surface area contributed by atoms with Gasteiger partial charge in [-0.25, -0.2) is 0 Å². The van der Waals surface area contributed by atoms with E-state index in [0.717, 1.165) is 15.8 Å². The molecule has 1 saturated heterocycles. The molecule has 0 N–H and O–H groups in total. The van der Waals surface area contributed by atoms with Crippen LogP contribution in [0.2, 0.25) is 16.6 Å². The molecule has 0 bridgehead atoms. The highest BCUT2D eigenvalue weighted by Gasteiger charge is 2.53. The summed E-state index contributed by atoms with van der Waals surface area (Å²) in [6.07, 6.45) is 2.53. The highest BCUT2D eigenvalue weighted by Crippen LogP contribution is 2.49. The highest BCUT2D eigenvalue weighted by atomic mass is 79.9. The summed E-state index contributed by atoms with van der Waals surface area (Å²) in [5.74, 6) is -1.12. The summed E-state index contributed by atoms with van der Waals surface area (Å²) < 4.78 is 12.9. The van der Waals surface area contributed by atoms with Crippen LogP contribution in [0.25, 0.3) is 0 Å². The van der Waals surface area contributed by atoms with Crippen molar-refractivity contribution in [2.75, 3.05) is 0 Å². The van der Waals surface area contributed by atoms with Crippen molar-refractivity contribution in [3.05, 3.63) is 46.1 Å². The minimum atomic E-state index is -2.15. The Morgan fingerprint density at radius 1 is 0.966 bits per heavy atom. The molecule has 3 unspecified atom stereocenters. The lowest BCUT2D eigenvalue weighted by Crippen LogP contribution is -2.48. The number of halogens is 1. The first-order valence-corrected chi connectivity index (χ1v) is 13.4. The quantitative estimate of drug-likeness (QED) is 0.272. The number of carbonyl (C=O) groups is 2. The maximum atomic E-state index is 12.5. The van der Waals surface area contributed by atoms with Crippen LogP contribution in [-0.4, -0.2) is 20.3 Å². The number of cyclic esters (lactones) is 2. The molecule has 0 saturated carbocycles. The Labute approximate surface area is 183 Å². The van der Waals surface area contributed by atoms with E-state index in [1.807, 2.05) is 24.3 Å². The first-order valence-electron chi connectivity index (χ1n) is 10.5. The molecular weight excluding hydrogens is 448 g/mol. The molecule has 4 nitrogen and oxygen atoms in total. The van der Waals surface area contributed by atoms with Crippen LogP contribution in [-0.2, 0) is 18.8 Å². The van der Waals surface area contributed by atoms with E-state index in [9.17, 15) is 9.59 Å². The van der Waals surface area contributed by atoms with Gasteiger partial charge in [0.1, 0.15) is 0 Å². The zero-order valence-corrected chi connectivity index (χ0v) is 20.7. The minimum absolute atomic E-state index is 0.214. The SMILES string of the molecule is CC(C)[Si](OC1=CC(c2ccc(Br)cc2)C2C(=O)OC(=O)C2C1)(C(C)C)C(C)C. The van der Waals surface area contributed by atoms with Crippen LogP contribution < -0.4 is 0 Å². The smallest absolute Gasteiger partial charge is 0.318 e. The molecule has 0 amide bonds. The average molecular weight is 479 g/mol. The molecule has 3 atom stereocenters. The molecular formula is C23H31BrO4Si. The molecule has 6 heteroatoms. The van der Waals surface area contributed by atoms with Gasteiger partial charge in [0.2, 0.25) is 0 Å². The predicted octanol–water partition coefficient (Wildman–Crippen LogP) is 6.33. The van der Waals surface area contributed by atoms with Crippen LogP contribution in [0.3, 0.4) is 0 Å². The van der Waals surface area contributed by atoms with E-state index in [-0.39, 0.29) is 5.92 Å². The van der Waals surface area contributed by atoms with E-state index in [2.05, 4.69) is 63.5 Å². The van der Waals surface area contributed by atoms with Crippen molar-refractivity contribution in [3.8, 4) is 0 Å². The number of ether oxygens (including phenoxy) is 1. The van der Waals surface area contributed by atoms with Crippen molar-refractivity contribution in [3.63, 3.8) is 0 Å². The molecule has 1 aliphatic heterocycles. The number of hydrogen-bond acceptors (Lipinski definition) is 4. The largest absolute Gasteiger partial charge is 0.546 e. The summed E-state index contributed by atoms with van der Waals surface area (Å²) in [4.78, 5) is 24.9. The highest BCUT2D eigenvalue weighted by molar-refractivity contribution is 9.10. The number of hydrogen-bond donors (Lipinski definition) is 0. The molecule has 29 heavy (non-hydrogen) atoms. The fourth-order valence-electron chi connectivity index (χ4n) is 5.39. The Hall–Kier alpha value is -1.40. The van der Waals surface area contributed by atoms with Crippen molar-refractivity contribution in [2.24, 2.45) is 11.8 Å². The first-order chi connectivity index (χ1) is 13.6. The number of fused-ring (bicyclic) bond motifs is 1. The van der Waals surface area contributed by atoms with E-state index >= 15 is 0 Å². The summed E-state index contributed by atoms with van der Waals surface area (Å²) in [6.45, 7) is 13.5. The van der Waals surface area contributed by atoms with Crippen LogP contribution in [0.1, 0.15) is 59.4 Å². The van der Waals surface area contributed by atoms with Gasteiger partial charge in [0, 0.05) is 16.8 Å². The van der Waals surface area contributed by atoms with Crippen molar-refractivity contribution in [1.82, 2.24) is 0 Å². The normalized spacial score (nSPS) is 24.8. The van der Waals surface area contributed by atoms with E-state index in [1.54, 1.807) is 0 Å². The van der Waals surface area contributed by atoms with E-state index in [1.165, 1.54) is 0 Å². The molecule has 0 spiro atoms. The Balaban J connectivity index is 2.05. The molecule has 1 fully saturated rings. The van der Waals surface area contributed by atoms with Gasteiger partial charge in [0.25, 0.3) is 8.32 Å². The molecule has 0 aromatic heterocycles. The van der Waals surface area contributed by atoms with Crippen LogP contribution >= 0.6 is 15.9 Å². The third-order valence-corrected chi connectivity index (χ3v) is 13.2. The molecule has 158 valence electrons. The van der Waals surface area contributed by atoms with E-state index < -0.39 is 32.1 Å². The van der Waals surface area contributed by atoms with Crippen LogP contribution in [0.4, 0.5) is 0 Å². The lowest BCUT2D eigenvalue weighted by molar-refractivity contribution is -0.153. The Morgan fingerprint density at radius 3 is 2.03 bits per heavy atom. The fraction of sp³-hybridized carbons (Fsp3) is 0.565. The third kappa shape index (κ3) is 3.98. The summed E-state index contributed by atoms with van der Waals surface area (Å²) in [6, 6.07) is 7.92. The monoisotopic (exact) mass is 478 g/mol. The molecule has 1 aromatic carbocycles. The number of esters is 2. The summed E-state index contributed by atoms with van der Waals surface area (Å²) >= 11 is 3.47. The Morgan fingerprint density at radius 2 is 1.52 bits per heavy atom. The average Bonchev–Trinajstić information content (AvgIpc) is 2.93. The molecule has 2 aliphatic rings. The molecule has 1 aliphatic carbocycles. The van der Waals surface area contributed by atoms with Crippen LogP contribution in [0.15, 0.2) is 40.6 Å². The Bertz CT molecular complexity index is 791. The van der Waals surface area contributed by atoms with Crippen LogP contribution in [0.5, 0.6) is 0 Å². The van der Waals surface area contributed by atoms with Crippen molar-refractivity contribution in [2.45, 2.75) is 70.5 Å². The second kappa shape index (κ2) is 8.38. The first kappa shape index (κ1) is 22.3. The Kier molecular flexibility index (Phi) is 6.44. The zero-order chi connectivity index (χ0) is 21.5.